The summed E-state index contributed by atoms with van der Waals surface area (Å²) in [4.78, 5) is 10.7. The van der Waals surface area contributed by atoms with Gasteiger partial charge in [0, 0.05) is 0 Å². The second kappa shape index (κ2) is 7.04. The molecule has 5 heteroatoms. The van der Waals surface area contributed by atoms with Crippen LogP contribution in [0.4, 0.5) is 0 Å². The molecule has 0 aromatic carbocycles. The molecule has 0 radical (unpaired) electrons. The van der Waals surface area contributed by atoms with Crippen LogP contribution in [-0.2, 0) is 0 Å². The molecule has 0 aliphatic rings. The van der Waals surface area contributed by atoms with Crippen LogP contribution in [0.25, 0.3) is 0 Å². The van der Waals surface area contributed by atoms with E-state index in [2.05, 4.69) is 15.0 Å². The van der Waals surface area contributed by atoms with Crippen LogP contribution in [0, 0.1) is 0 Å². The van der Waals surface area contributed by atoms with Crippen LogP contribution in [0.3, 0.4) is 0 Å². The molecule has 1 atom stereocenters. The largest absolute Gasteiger partial charge is 0.394 e. The Hall–Kier alpha value is -1.07. The third kappa shape index (κ3) is 8.93. The Kier molecular flexibility index (Phi) is 6.36. The van der Waals surface area contributed by atoms with E-state index in [4.69, 9.17) is 10.2 Å². The highest BCUT2D eigenvalue weighted by Crippen LogP contribution is 1.68. The first kappa shape index (κ1) is 9.93. The summed E-state index contributed by atoms with van der Waals surface area (Å²) in [5.74, 6) is 0. The van der Waals surface area contributed by atoms with Gasteiger partial charge in [-0.3, -0.25) is 0 Å². The first-order chi connectivity index (χ1) is 5.27. The minimum Gasteiger partial charge on any atom is -0.394 e. The molecular formula is C6H11N3O2. The molecule has 5 nitrogen and oxygen atoms in total. The Labute approximate surface area is 64.8 Å². The van der Waals surface area contributed by atoms with Crippen molar-refractivity contribution in [3.8, 4) is 0 Å². The van der Waals surface area contributed by atoms with Gasteiger partial charge in [0.05, 0.1) is 12.7 Å². The molecule has 0 amide bonds. The van der Waals surface area contributed by atoms with Gasteiger partial charge in [0.1, 0.15) is 19.0 Å². The molecule has 0 aliphatic heterocycles. The average molecular weight is 157 g/mol. The summed E-state index contributed by atoms with van der Waals surface area (Å²) >= 11 is 0. The lowest BCUT2D eigenvalue weighted by Crippen LogP contribution is -2.03. The predicted octanol–water partition coefficient (Wildman–Crippen LogP) is -0.769. The lowest BCUT2D eigenvalue weighted by molar-refractivity contribution is 0.110. The molecule has 0 aliphatic carbocycles. The van der Waals surface area contributed by atoms with Crippen LogP contribution in [0.5, 0.6) is 0 Å². The van der Waals surface area contributed by atoms with E-state index in [-0.39, 0.29) is 6.61 Å². The molecule has 1 heterocycles. The number of aromatic nitrogens is 3. The molecule has 0 spiro atoms. The first-order valence-corrected chi connectivity index (χ1v) is 3.11. The fraction of sp³-hybridized carbons (Fsp3) is 0.500. The Bertz CT molecular complexity index is 130. The van der Waals surface area contributed by atoms with E-state index in [0.717, 1.165) is 0 Å². The van der Waals surface area contributed by atoms with E-state index in [9.17, 15) is 0 Å². The van der Waals surface area contributed by atoms with Gasteiger partial charge >= 0.3 is 0 Å². The summed E-state index contributed by atoms with van der Waals surface area (Å²) < 4.78 is 0. The zero-order valence-electron chi connectivity index (χ0n) is 6.25. The van der Waals surface area contributed by atoms with Crippen LogP contribution in [0.2, 0.25) is 0 Å². The monoisotopic (exact) mass is 157 g/mol. The third-order valence-electron chi connectivity index (χ3n) is 0.664. The van der Waals surface area contributed by atoms with Gasteiger partial charge in [0.25, 0.3) is 0 Å². The summed E-state index contributed by atoms with van der Waals surface area (Å²) in [7, 11) is 0. The standard InChI is InChI=1S/C3H3N3.C3H8O2/c1-4-2-6-3-5-1;1-3(5)2-4/h1-3H;3-5H,2H2,1H3. The van der Waals surface area contributed by atoms with Crippen molar-refractivity contribution in [2.24, 2.45) is 0 Å². The maximum absolute atomic E-state index is 8.11. The molecule has 0 saturated carbocycles. The third-order valence-corrected chi connectivity index (χ3v) is 0.664. The van der Waals surface area contributed by atoms with Crippen molar-refractivity contribution < 1.29 is 10.2 Å². The molecule has 2 N–H and O–H groups in total. The van der Waals surface area contributed by atoms with E-state index in [1.165, 1.54) is 25.9 Å². The fourth-order valence-corrected chi connectivity index (χ4v) is 0.205. The van der Waals surface area contributed by atoms with Crippen molar-refractivity contribution in [2.45, 2.75) is 13.0 Å². The Morgan fingerprint density at radius 2 is 1.45 bits per heavy atom. The van der Waals surface area contributed by atoms with Crippen molar-refractivity contribution in [3.05, 3.63) is 19.0 Å². The number of aliphatic hydroxyl groups is 2. The van der Waals surface area contributed by atoms with Gasteiger partial charge in [0.2, 0.25) is 0 Å². The first-order valence-electron chi connectivity index (χ1n) is 3.11. The minimum atomic E-state index is -0.560. The van der Waals surface area contributed by atoms with Crippen LogP contribution in [0.1, 0.15) is 6.92 Å². The number of nitrogens with zero attached hydrogens (tertiary/aromatic N) is 3. The lowest BCUT2D eigenvalue weighted by Gasteiger charge is -1.90. The number of aliphatic hydroxyl groups excluding tert-OH is 2. The van der Waals surface area contributed by atoms with E-state index < -0.39 is 6.10 Å². The van der Waals surface area contributed by atoms with Crippen molar-refractivity contribution in [1.29, 1.82) is 0 Å². The lowest BCUT2D eigenvalue weighted by atomic mass is 10.5. The smallest absolute Gasteiger partial charge is 0.119 e. The predicted molar refractivity (Wildman–Crippen MR) is 38.6 cm³/mol. The van der Waals surface area contributed by atoms with Crippen molar-refractivity contribution in [1.82, 2.24) is 15.0 Å². The summed E-state index contributed by atoms with van der Waals surface area (Å²) in [6, 6.07) is 0. The molecule has 62 valence electrons. The van der Waals surface area contributed by atoms with Gasteiger partial charge in [-0.15, -0.1) is 0 Å². The quantitative estimate of drug-likeness (QED) is 0.559. The normalized spacial score (nSPS) is 11.2. The zero-order chi connectivity index (χ0) is 8.53. The Balaban J connectivity index is 0.000000187. The molecule has 1 aromatic rings. The zero-order valence-corrected chi connectivity index (χ0v) is 6.25. The number of hydrogen-bond acceptors (Lipinski definition) is 5. The molecule has 0 saturated heterocycles. The van der Waals surface area contributed by atoms with Crippen molar-refractivity contribution >= 4 is 0 Å². The second-order valence-corrected chi connectivity index (χ2v) is 1.83. The molecule has 1 aromatic heterocycles. The van der Waals surface area contributed by atoms with Gasteiger partial charge in [-0.05, 0) is 6.92 Å². The van der Waals surface area contributed by atoms with Crippen LogP contribution in [-0.4, -0.2) is 37.9 Å². The van der Waals surface area contributed by atoms with E-state index in [1.807, 2.05) is 0 Å². The van der Waals surface area contributed by atoms with E-state index >= 15 is 0 Å². The summed E-state index contributed by atoms with van der Waals surface area (Å²) in [6.45, 7) is 1.39. The molecule has 11 heavy (non-hydrogen) atoms. The number of hydrogen-bond donors (Lipinski definition) is 2. The maximum Gasteiger partial charge on any atom is 0.119 e. The van der Waals surface area contributed by atoms with E-state index in [0.29, 0.717) is 0 Å². The van der Waals surface area contributed by atoms with Gasteiger partial charge in [-0.1, -0.05) is 0 Å². The van der Waals surface area contributed by atoms with Crippen molar-refractivity contribution in [3.63, 3.8) is 0 Å². The topological polar surface area (TPSA) is 79.1 Å². The summed E-state index contributed by atoms with van der Waals surface area (Å²) in [6.07, 6.45) is 3.75. The van der Waals surface area contributed by atoms with Gasteiger partial charge in [0.15, 0.2) is 0 Å². The summed E-state index contributed by atoms with van der Waals surface area (Å²) in [5.41, 5.74) is 0. The highest BCUT2D eigenvalue weighted by molar-refractivity contribution is 4.51. The van der Waals surface area contributed by atoms with Gasteiger partial charge < -0.3 is 10.2 Å². The highest BCUT2D eigenvalue weighted by Gasteiger charge is 1.83. The molecular weight excluding hydrogens is 146 g/mol. The minimum absolute atomic E-state index is 0.139. The van der Waals surface area contributed by atoms with E-state index in [1.54, 1.807) is 0 Å². The SMILES string of the molecule is CC(O)CO.c1ncncn1. The second-order valence-electron chi connectivity index (χ2n) is 1.83. The highest BCUT2D eigenvalue weighted by atomic mass is 16.3. The van der Waals surface area contributed by atoms with Crippen LogP contribution < -0.4 is 0 Å². The Morgan fingerprint density at radius 1 is 1.18 bits per heavy atom. The van der Waals surface area contributed by atoms with Gasteiger partial charge in [-0.25, -0.2) is 15.0 Å². The molecule has 0 bridgehead atoms. The van der Waals surface area contributed by atoms with Gasteiger partial charge in [-0.2, -0.15) is 0 Å². The molecule has 0 fully saturated rings. The molecule has 1 rings (SSSR count). The summed E-state index contributed by atoms with van der Waals surface area (Å²) in [5, 5.41) is 16.0. The maximum atomic E-state index is 8.11. The van der Waals surface area contributed by atoms with Crippen LogP contribution >= 0.6 is 0 Å². The number of rotatable bonds is 1. The Morgan fingerprint density at radius 3 is 1.55 bits per heavy atom. The molecule has 1 unspecified atom stereocenters. The average Bonchev–Trinajstić information content (AvgIpc) is 2.09. The van der Waals surface area contributed by atoms with Crippen molar-refractivity contribution in [2.75, 3.05) is 6.61 Å². The van der Waals surface area contributed by atoms with Crippen LogP contribution in [0.15, 0.2) is 19.0 Å². The fourth-order valence-electron chi connectivity index (χ4n) is 0.205.